The Hall–Kier alpha value is -1.91. The van der Waals surface area contributed by atoms with Crippen molar-refractivity contribution < 1.29 is 8.78 Å². The van der Waals surface area contributed by atoms with Gasteiger partial charge in [-0.05, 0) is 30.5 Å². The van der Waals surface area contributed by atoms with E-state index in [4.69, 9.17) is 5.73 Å². The first-order chi connectivity index (χ1) is 8.49. The summed E-state index contributed by atoms with van der Waals surface area (Å²) in [6, 6.07) is 3.33. The SMILES string of the molecule is CC(C)Cc1c(N)n[nH]c1-c1cc(F)ccc1F. The lowest BCUT2D eigenvalue weighted by molar-refractivity contribution is 0.602. The van der Waals surface area contributed by atoms with E-state index in [1.54, 1.807) is 0 Å². The summed E-state index contributed by atoms with van der Waals surface area (Å²) in [4.78, 5) is 0. The number of rotatable bonds is 3. The molecule has 1 aromatic carbocycles. The van der Waals surface area contributed by atoms with Crippen LogP contribution in [0.2, 0.25) is 0 Å². The number of hydrogen-bond donors (Lipinski definition) is 2. The third-order valence-electron chi connectivity index (χ3n) is 2.71. The van der Waals surface area contributed by atoms with Crippen molar-refractivity contribution in [1.29, 1.82) is 0 Å². The molecule has 5 heteroatoms. The Kier molecular flexibility index (Phi) is 3.32. The van der Waals surface area contributed by atoms with Crippen LogP contribution in [-0.2, 0) is 6.42 Å². The van der Waals surface area contributed by atoms with Crippen LogP contribution in [0.1, 0.15) is 19.4 Å². The zero-order valence-corrected chi connectivity index (χ0v) is 10.3. The maximum Gasteiger partial charge on any atom is 0.149 e. The number of halogens is 2. The van der Waals surface area contributed by atoms with Gasteiger partial charge in [0.1, 0.15) is 17.5 Å². The maximum absolute atomic E-state index is 13.7. The fourth-order valence-electron chi connectivity index (χ4n) is 1.91. The maximum atomic E-state index is 13.7. The fraction of sp³-hybridized carbons (Fsp3) is 0.308. The predicted molar refractivity (Wildman–Crippen MR) is 66.9 cm³/mol. The molecule has 0 saturated heterocycles. The van der Waals surface area contributed by atoms with Gasteiger partial charge >= 0.3 is 0 Å². The highest BCUT2D eigenvalue weighted by Gasteiger charge is 2.17. The number of nitrogens with one attached hydrogen (secondary N) is 1. The van der Waals surface area contributed by atoms with E-state index in [0.29, 0.717) is 23.9 Å². The second kappa shape index (κ2) is 4.76. The average Bonchev–Trinajstić information content (AvgIpc) is 2.64. The van der Waals surface area contributed by atoms with Crippen LogP contribution in [0.15, 0.2) is 18.2 Å². The van der Waals surface area contributed by atoms with Crippen molar-refractivity contribution in [2.45, 2.75) is 20.3 Å². The van der Waals surface area contributed by atoms with Gasteiger partial charge in [0.15, 0.2) is 0 Å². The van der Waals surface area contributed by atoms with E-state index in [1.165, 1.54) is 0 Å². The largest absolute Gasteiger partial charge is 0.382 e. The Morgan fingerprint density at radius 2 is 2.06 bits per heavy atom. The lowest BCUT2D eigenvalue weighted by Gasteiger charge is -2.08. The molecule has 18 heavy (non-hydrogen) atoms. The Morgan fingerprint density at radius 1 is 1.33 bits per heavy atom. The smallest absolute Gasteiger partial charge is 0.149 e. The van der Waals surface area contributed by atoms with Crippen molar-refractivity contribution in [3.63, 3.8) is 0 Å². The van der Waals surface area contributed by atoms with E-state index in [2.05, 4.69) is 10.2 Å². The van der Waals surface area contributed by atoms with Crippen LogP contribution in [0.3, 0.4) is 0 Å². The third kappa shape index (κ3) is 2.34. The summed E-state index contributed by atoms with van der Waals surface area (Å²) in [5, 5.41) is 6.56. The van der Waals surface area contributed by atoms with Crippen LogP contribution < -0.4 is 5.73 Å². The zero-order chi connectivity index (χ0) is 13.3. The number of aromatic nitrogens is 2. The van der Waals surface area contributed by atoms with Gasteiger partial charge in [-0.2, -0.15) is 5.10 Å². The second-order valence-electron chi connectivity index (χ2n) is 4.68. The molecule has 0 radical (unpaired) electrons. The number of benzene rings is 1. The number of hydrogen-bond acceptors (Lipinski definition) is 2. The number of nitrogens with two attached hydrogens (primary N) is 1. The monoisotopic (exact) mass is 251 g/mol. The molecule has 0 amide bonds. The van der Waals surface area contributed by atoms with Crippen molar-refractivity contribution in [2.75, 3.05) is 5.73 Å². The van der Waals surface area contributed by atoms with Crippen molar-refractivity contribution in [3.8, 4) is 11.3 Å². The fourth-order valence-corrected chi connectivity index (χ4v) is 1.91. The standard InChI is InChI=1S/C13H15F2N3/c1-7(2)5-10-12(17-18-13(10)16)9-6-8(14)3-4-11(9)15/h3-4,6-7H,5H2,1-2H3,(H3,16,17,18). The molecule has 0 aliphatic carbocycles. The molecule has 1 aromatic heterocycles. The quantitative estimate of drug-likeness (QED) is 0.880. The van der Waals surface area contributed by atoms with Crippen LogP contribution in [0.25, 0.3) is 11.3 Å². The van der Waals surface area contributed by atoms with Crippen LogP contribution >= 0.6 is 0 Å². The minimum atomic E-state index is -0.495. The molecule has 0 spiro atoms. The highest BCUT2D eigenvalue weighted by atomic mass is 19.1. The number of nitrogens with zero attached hydrogens (tertiary/aromatic N) is 1. The molecular weight excluding hydrogens is 236 g/mol. The van der Waals surface area contributed by atoms with Gasteiger partial charge in [0.2, 0.25) is 0 Å². The molecule has 3 nitrogen and oxygen atoms in total. The van der Waals surface area contributed by atoms with E-state index in [0.717, 1.165) is 23.8 Å². The third-order valence-corrected chi connectivity index (χ3v) is 2.71. The summed E-state index contributed by atoms with van der Waals surface area (Å²) in [5.41, 5.74) is 7.11. The van der Waals surface area contributed by atoms with Crippen molar-refractivity contribution >= 4 is 5.82 Å². The van der Waals surface area contributed by atoms with Crippen LogP contribution in [-0.4, -0.2) is 10.2 Å². The first-order valence-corrected chi connectivity index (χ1v) is 5.77. The van der Waals surface area contributed by atoms with E-state index in [1.807, 2.05) is 13.8 Å². The van der Waals surface area contributed by atoms with E-state index in [-0.39, 0.29) is 5.56 Å². The van der Waals surface area contributed by atoms with Crippen molar-refractivity contribution in [3.05, 3.63) is 35.4 Å². The molecule has 0 aliphatic rings. The number of anilines is 1. The molecule has 3 N–H and O–H groups in total. The zero-order valence-electron chi connectivity index (χ0n) is 10.3. The van der Waals surface area contributed by atoms with Crippen molar-refractivity contribution in [2.24, 2.45) is 5.92 Å². The second-order valence-corrected chi connectivity index (χ2v) is 4.68. The molecule has 2 aromatic rings. The van der Waals surface area contributed by atoms with Crippen LogP contribution in [0, 0.1) is 17.6 Å². The average molecular weight is 251 g/mol. The lowest BCUT2D eigenvalue weighted by atomic mass is 9.99. The Morgan fingerprint density at radius 3 is 2.72 bits per heavy atom. The van der Waals surface area contributed by atoms with Crippen molar-refractivity contribution in [1.82, 2.24) is 10.2 Å². The topological polar surface area (TPSA) is 54.7 Å². The molecule has 0 saturated carbocycles. The molecule has 1 heterocycles. The lowest BCUT2D eigenvalue weighted by Crippen LogP contribution is -2.00. The first-order valence-electron chi connectivity index (χ1n) is 5.77. The van der Waals surface area contributed by atoms with E-state index < -0.39 is 11.6 Å². The highest BCUT2D eigenvalue weighted by molar-refractivity contribution is 5.68. The van der Waals surface area contributed by atoms with Gasteiger partial charge in [-0.25, -0.2) is 8.78 Å². The molecule has 2 rings (SSSR count). The molecule has 0 aliphatic heterocycles. The Labute approximate surface area is 104 Å². The Bertz CT molecular complexity index is 561. The normalized spacial score (nSPS) is 11.2. The van der Waals surface area contributed by atoms with Gasteiger partial charge < -0.3 is 5.73 Å². The molecule has 0 unspecified atom stereocenters. The minimum Gasteiger partial charge on any atom is -0.382 e. The van der Waals surface area contributed by atoms with E-state index >= 15 is 0 Å². The van der Waals surface area contributed by atoms with Gasteiger partial charge in [-0.15, -0.1) is 0 Å². The predicted octanol–water partition coefficient (Wildman–Crippen LogP) is 3.14. The van der Waals surface area contributed by atoms with Gasteiger partial charge in [-0.1, -0.05) is 13.8 Å². The highest BCUT2D eigenvalue weighted by Crippen LogP contribution is 2.29. The summed E-state index contributed by atoms with van der Waals surface area (Å²) in [5.74, 6) is -0.303. The summed E-state index contributed by atoms with van der Waals surface area (Å²) in [6.45, 7) is 4.05. The number of H-pyrrole nitrogens is 1. The molecule has 0 atom stereocenters. The molecule has 0 fully saturated rings. The first kappa shape index (κ1) is 12.5. The van der Waals surface area contributed by atoms with Gasteiger partial charge in [0.05, 0.1) is 5.69 Å². The minimum absolute atomic E-state index is 0.162. The van der Waals surface area contributed by atoms with E-state index in [9.17, 15) is 8.78 Å². The molecule has 0 bridgehead atoms. The van der Waals surface area contributed by atoms with Gasteiger partial charge in [0, 0.05) is 11.1 Å². The number of aromatic amines is 1. The Balaban J connectivity index is 2.53. The number of nitrogen functional groups attached to an aromatic ring is 1. The van der Waals surface area contributed by atoms with Crippen LogP contribution in [0.5, 0.6) is 0 Å². The molecular formula is C13H15F2N3. The van der Waals surface area contributed by atoms with Gasteiger partial charge in [0.25, 0.3) is 0 Å². The summed E-state index contributed by atoms with van der Waals surface area (Å²) in [6.07, 6.45) is 0.660. The van der Waals surface area contributed by atoms with Gasteiger partial charge in [-0.3, -0.25) is 5.10 Å². The molecule has 96 valence electrons. The summed E-state index contributed by atoms with van der Waals surface area (Å²) in [7, 11) is 0. The summed E-state index contributed by atoms with van der Waals surface area (Å²) < 4.78 is 26.9. The summed E-state index contributed by atoms with van der Waals surface area (Å²) >= 11 is 0. The van der Waals surface area contributed by atoms with Crippen LogP contribution in [0.4, 0.5) is 14.6 Å².